The Morgan fingerprint density at radius 3 is 1.70 bits per heavy atom. The number of halogens is 6. The van der Waals surface area contributed by atoms with Gasteiger partial charge in [0.15, 0.2) is 22.7 Å². The zero-order chi connectivity index (χ0) is 38.4. The summed E-state index contributed by atoms with van der Waals surface area (Å²) in [5.41, 5.74) is -0.421. The monoisotopic (exact) mass is 754 g/mol. The molecule has 8 rings (SSSR count). The molecule has 2 fully saturated rings. The molecule has 0 radical (unpaired) electrons. The van der Waals surface area contributed by atoms with Crippen LogP contribution in [-0.4, -0.2) is 84.9 Å². The van der Waals surface area contributed by atoms with Crippen molar-refractivity contribution in [3.8, 4) is 11.8 Å². The molecule has 0 saturated carbocycles. The van der Waals surface area contributed by atoms with Crippen LogP contribution in [0.1, 0.15) is 71.2 Å². The second kappa shape index (κ2) is 14.2. The first kappa shape index (κ1) is 36.6. The molecular formula is C34H36F6N14. The van der Waals surface area contributed by atoms with E-state index in [2.05, 4.69) is 62.0 Å². The lowest BCUT2D eigenvalue weighted by Gasteiger charge is -2.10. The molecule has 2 aliphatic rings. The van der Waals surface area contributed by atoms with Gasteiger partial charge in [0, 0.05) is 75.9 Å². The molecule has 0 N–H and O–H groups in total. The Kier molecular flexibility index (Phi) is 9.66. The number of aryl methyl sites for hydroxylation is 6. The van der Waals surface area contributed by atoms with Gasteiger partial charge in [-0.3, -0.25) is 4.68 Å². The molecule has 0 bridgehead atoms. The first-order chi connectivity index (χ1) is 25.7. The summed E-state index contributed by atoms with van der Waals surface area (Å²) in [6, 6.07) is 3.21. The van der Waals surface area contributed by atoms with Crippen molar-refractivity contribution in [3.63, 3.8) is 0 Å². The molecule has 20 heteroatoms. The quantitative estimate of drug-likeness (QED) is 0.180. The lowest BCUT2D eigenvalue weighted by Crippen LogP contribution is -2.19. The predicted octanol–water partition coefficient (Wildman–Crippen LogP) is 4.76. The third kappa shape index (κ3) is 7.52. The molecular weight excluding hydrogens is 718 g/mol. The minimum Gasteiger partial charge on any atom is -0.340 e. The molecule has 54 heavy (non-hydrogen) atoms. The van der Waals surface area contributed by atoms with Crippen LogP contribution in [0.15, 0.2) is 24.5 Å². The Morgan fingerprint density at radius 2 is 1.13 bits per heavy atom. The number of anilines is 2. The van der Waals surface area contributed by atoms with E-state index in [4.69, 9.17) is 0 Å². The van der Waals surface area contributed by atoms with Gasteiger partial charge in [0.1, 0.15) is 11.5 Å². The second-order valence-electron chi connectivity index (χ2n) is 13.2. The van der Waals surface area contributed by atoms with Gasteiger partial charge >= 0.3 is 12.4 Å². The zero-order valence-electron chi connectivity index (χ0n) is 29.9. The average molecular weight is 755 g/mol. The summed E-state index contributed by atoms with van der Waals surface area (Å²) in [5, 5.41) is 16.0. The summed E-state index contributed by atoms with van der Waals surface area (Å²) in [4.78, 5) is 21.9. The van der Waals surface area contributed by atoms with Crippen molar-refractivity contribution in [2.45, 2.75) is 64.7 Å². The molecule has 0 aliphatic carbocycles. The maximum atomic E-state index is 13.0. The van der Waals surface area contributed by atoms with Gasteiger partial charge in [0.2, 0.25) is 17.7 Å². The number of rotatable bonds is 5. The van der Waals surface area contributed by atoms with E-state index in [0.717, 1.165) is 68.2 Å². The first-order valence-electron chi connectivity index (χ1n) is 17.3. The Labute approximate surface area is 304 Å². The summed E-state index contributed by atoms with van der Waals surface area (Å²) in [7, 11) is 3.61. The van der Waals surface area contributed by atoms with Crippen LogP contribution in [-0.2, 0) is 39.3 Å². The Balaban J connectivity index is 0.000000167. The molecule has 8 heterocycles. The summed E-state index contributed by atoms with van der Waals surface area (Å²) in [5.74, 6) is 8.43. The van der Waals surface area contributed by atoms with Gasteiger partial charge < -0.3 is 9.80 Å². The number of fused-ring (bicyclic) bond motifs is 2. The number of nitrogens with zero attached hydrogens (tertiary/aromatic N) is 14. The van der Waals surface area contributed by atoms with Crippen molar-refractivity contribution in [2.75, 3.05) is 36.0 Å². The van der Waals surface area contributed by atoms with Crippen LogP contribution in [0.4, 0.5) is 38.2 Å². The summed E-state index contributed by atoms with van der Waals surface area (Å²) in [6.07, 6.45) is -0.343. The fourth-order valence-corrected chi connectivity index (χ4v) is 6.43. The molecule has 0 aromatic carbocycles. The van der Waals surface area contributed by atoms with Crippen molar-refractivity contribution in [1.82, 2.24) is 58.7 Å². The van der Waals surface area contributed by atoms with Crippen LogP contribution >= 0.6 is 0 Å². The zero-order valence-corrected chi connectivity index (χ0v) is 29.9. The van der Waals surface area contributed by atoms with Crippen LogP contribution in [0.2, 0.25) is 0 Å². The van der Waals surface area contributed by atoms with E-state index in [0.29, 0.717) is 36.0 Å². The average Bonchev–Trinajstić information content (AvgIpc) is 3.97. The van der Waals surface area contributed by atoms with Crippen LogP contribution in [0.25, 0.3) is 11.3 Å². The molecule has 284 valence electrons. The smallest absolute Gasteiger partial charge is 0.340 e. The number of hydrogen-bond donors (Lipinski definition) is 0. The van der Waals surface area contributed by atoms with Crippen molar-refractivity contribution in [3.05, 3.63) is 70.1 Å². The standard InChI is InChI=1S/C17H20F3N7.C17H16F3N7/c2*1-11-14(17(18,19)20)23-27-10-7-12(21-15(11)27)5-6-13-22-16(24-25(13)2)26-8-3-4-9-26/h7,10H,3-6,8-9H2,1-2H3;7,10H,3-4,8-9H2,1-2H3. The van der Waals surface area contributed by atoms with Gasteiger partial charge in [-0.05, 0) is 69.9 Å². The molecule has 0 spiro atoms. The van der Waals surface area contributed by atoms with Crippen LogP contribution < -0.4 is 9.80 Å². The molecule has 6 aromatic rings. The normalized spacial score (nSPS) is 14.9. The SMILES string of the molecule is Cc1c(C(F)(F)F)nn2ccc(C#Cc3nc(N4CCCC4)nn3C)nc12.Cc1c(C(F)(F)F)nn2ccc(CCc3nc(N4CCCC4)nn3C)nc12. The van der Waals surface area contributed by atoms with Gasteiger partial charge in [-0.1, -0.05) is 0 Å². The maximum absolute atomic E-state index is 13.0. The fraction of sp³-hybridized carbons (Fsp3) is 0.471. The van der Waals surface area contributed by atoms with Crippen molar-refractivity contribution >= 4 is 23.2 Å². The minimum absolute atomic E-state index is 0.0267. The van der Waals surface area contributed by atoms with Gasteiger partial charge in [-0.2, -0.15) is 46.5 Å². The third-order valence-electron chi connectivity index (χ3n) is 9.30. The summed E-state index contributed by atoms with van der Waals surface area (Å²) in [6.45, 7) is 6.55. The van der Waals surface area contributed by atoms with E-state index in [1.54, 1.807) is 22.5 Å². The Bertz CT molecular complexity index is 2360. The lowest BCUT2D eigenvalue weighted by molar-refractivity contribution is -0.142. The highest BCUT2D eigenvalue weighted by molar-refractivity contribution is 5.52. The summed E-state index contributed by atoms with van der Waals surface area (Å²) < 4.78 is 83.6. The second-order valence-corrected chi connectivity index (χ2v) is 13.2. The van der Waals surface area contributed by atoms with Gasteiger partial charge in [0.25, 0.3) is 0 Å². The fourth-order valence-electron chi connectivity index (χ4n) is 6.43. The van der Waals surface area contributed by atoms with Crippen LogP contribution in [0.5, 0.6) is 0 Å². The van der Waals surface area contributed by atoms with E-state index < -0.39 is 23.7 Å². The van der Waals surface area contributed by atoms with Crippen molar-refractivity contribution < 1.29 is 26.3 Å². The topological polar surface area (TPSA) is 128 Å². The maximum Gasteiger partial charge on any atom is 0.435 e. The van der Waals surface area contributed by atoms with Gasteiger partial charge in [-0.25, -0.2) is 23.7 Å². The Hall–Kier alpha value is -5.74. The largest absolute Gasteiger partial charge is 0.435 e. The van der Waals surface area contributed by atoms with Gasteiger partial charge in [-0.15, -0.1) is 10.2 Å². The minimum atomic E-state index is -4.52. The van der Waals surface area contributed by atoms with E-state index in [-0.39, 0.29) is 22.4 Å². The highest BCUT2D eigenvalue weighted by Crippen LogP contribution is 2.33. The Morgan fingerprint density at radius 1 is 0.611 bits per heavy atom. The van der Waals surface area contributed by atoms with E-state index >= 15 is 0 Å². The van der Waals surface area contributed by atoms with E-state index in [1.807, 2.05) is 7.05 Å². The number of alkyl halides is 6. The summed E-state index contributed by atoms with van der Waals surface area (Å²) >= 11 is 0. The third-order valence-corrected chi connectivity index (χ3v) is 9.30. The molecule has 0 amide bonds. The lowest BCUT2D eigenvalue weighted by atomic mass is 10.2. The van der Waals surface area contributed by atoms with E-state index in [1.165, 1.54) is 36.8 Å². The number of hydrogen-bond acceptors (Lipinski definition) is 10. The van der Waals surface area contributed by atoms with Crippen molar-refractivity contribution in [2.24, 2.45) is 14.1 Å². The van der Waals surface area contributed by atoms with Gasteiger partial charge in [0.05, 0.1) is 0 Å². The molecule has 2 saturated heterocycles. The number of aromatic nitrogens is 12. The highest BCUT2D eigenvalue weighted by atomic mass is 19.4. The highest BCUT2D eigenvalue weighted by Gasteiger charge is 2.38. The van der Waals surface area contributed by atoms with Crippen LogP contribution in [0.3, 0.4) is 0 Å². The van der Waals surface area contributed by atoms with E-state index in [9.17, 15) is 26.3 Å². The van der Waals surface area contributed by atoms with Crippen molar-refractivity contribution in [1.29, 1.82) is 0 Å². The molecule has 2 aliphatic heterocycles. The first-order valence-corrected chi connectivity index (χ1v) is 17.3. The van der Waals surface area contributed by atoms with Crippen LogP contribution in [0, 0.1) is 25.7 Å². The molecule has 14 nitrogen and oxygen atoms in total. The molecule has 0 unspecified atom stereocenters. The molecule has 0 atom stereocenters. The predicted molar refractivity (Wildman–Crippen MR) is 184 cm³/mol. The molecule has 6 aromatic heterocycles.